The van der Waals surface area contributed by atoms with Gasteiger partial charge in [-0.3, -0.25) is 0 Å². The smallest absolute Gasteiger partial charge is 0.119 e. The first-order valence-electron chi connectivity index (χ1n) is 7.40. The standard InChI is InChI=1S/C16H25NO3/c1-13-3-2-4-16(9-13)20-12-15(18)11-17-10-14-5-7-19-8-6-14/h2-4,9,14-15,17-18H,5-8,10-12H2,1H3. The van der Waals surface area contributed by atoms with E-state index in [1.54, 1.807) is 0 Å². The van der Waals surface area contributed by atoms with Crippen molar-refractivity contribution in [2.24, 2.45) is 5.92 Å². The van der Waals surface area contributed by atoms with Gasteiger partial charge in [-0.2, -0.15) is 0 Å². The van der Waals surface area contributed by atoms with Crippen LogP contribution in [0, 0.1) is 12.8 Å². The molecule has 0 radical (unpaired) electrons. The van der Waals surface area contributed by atoms with Crippen molar-refractivity contribution < 1.29 is 14.6 Å². The van der Waals surface area contributed by atoms with Crippen LogP contribution >= 0.6 is 0 Å². The highest BCUT2D eigenvalue weighted by molar-refractivity contribution is 5.27. The molecule has 0 aliphatic carbocycles. The average Bonchev–Trinajstić information content (AvgIpc) is 2.46. The maximum Gasteiger partial charge on any atom is 0.119 e. The van der Waals surface area contributed by atoms with Crippen molar-refractivity contribution in [1.29, 1.82) is 0 Å². The van der Waals surface area contributed by atoms with Gasteiger partial charge in [-0.15, -0.1) is 0 Å². The Hall–Kier alpha value is -1.10. The first kappa shape index (κ1) is 15.3. The van der Waals surface area contributed by atoms with Crippen LogP contribution in [0.25, 0.3) is 0 Å². The minimum atomic E-state index is -0.477. The van der Waals surface area contributed by atoms with Gasteiger partial charge < -0.3 is 19.9 Å². The van der Waals surface area contributed by atoms with Crippen molar-refractivity contribution in [3.05, 3.63) is 29.8 Å². The van der Waals surface area contributed by atoms with Crippen LogP contribution in [0.4, 0.5) is 0 Å². The fraction of sp³-hybridized carbons (Fsp3) is 0.625. The zero-order valence-corrected chi connectivity index (χ0v) is 12.2. The predicted octanol–water partition coefficient (Wildman–Crippen LogP) is 1.75. The molecular formula is C16H25NO3. The molecule has 1 atom stereocenters. The van der Waals surface area contributed by atoms with Crippen LogP contribution in [0.3, 0.4) is 0 Å². The van der Waals surface area contributed by atoms with Gasteiger partial charge in [0.05, 0.1) is 0 Å². The summed E-state index contributed by atoms with van der Waals surface area (Å²) in [7, 11) is 0. The van der Waals surface area contributed by atoms with Crippen LogP contribution < -0.4 is 10.1 Å². The molecule has 1 aliphatic rings. The van der Waals surface area contributed by atoms with Crippen LogP contribution in [0.1, 0.15) is 18.4 Å². The maximum atomic E-state index is 9.90. The number of aliphatic hydroxyl groups excluding tert-OH is 1. The number of hydrogen-bond donors (Lipinski definition) is 2. The normalized spacial score (nSPS) is 17.9. The van der Waals surface area contributed by atoms with Crippen LogP contribution in [-0.4, -0.2) is 44.1 Å². The molecule has 0 saturated carbocycles. The molecule has 1 aliphatic heterocycles. The Morgan fingerprint density at radius 1 is 1.40 bits per heavy atom. The van der Waals surface area contributed by atoms with Crippen molar-refractivity contribution >= 4 is 0 Å². The van der Waals surface area contributed by atoms with Crippen LogP contribution in [0.2, 0.25) is 0 Å². The molecule has 1 fully saturated rings. The molecule has 0 spiro atoms. The number of ether oxygens (including phenoxy) is 2. The van der Waals surface area contributed by atoms with E-state index in [0.717, 1.165) is 43.9 Å². The SMILES string of the molecule is Cc1cccc(OCC(O)CNCC2CCOCC2)c1. The second kappa shape index (κ2) is 8.25. The molecule has 4 heteroatoms. The van der Waals surface area contributed by atoms with Gasteiger partial charge >= 0.3 is 0 Å². The molecule has 0 aromatic heterocycles. The van der Waals surface area contributed by atoms with Gasteiger partial charge in [-0.05, 0) is 49.9 Å². The van der Waals surface area contributed by atoms with Crippen molar-refractivity contribution in [3.8, 4) is 5.75 Å². The summed E-state index contributed by atoms with van der Waals surface area (Å²) in [5.41, 5.74) is 1.16. The lowest BCUT2D eigenvalue weighted by Gasteiger charge is -2.23. The molecule has 2 rings (SSSR count). The minimum absolute atomic E-state index is 0.324. The Balaban J connectivity index is 1.59. The van der Waals surface area contributed by atoms with E-state index in [9.17, 15) is 5.11 Å². The van der Waals surface area contributed by atoms with Crippen molar-refractivity contribution in [1.82, 2.24) is 5.32 Å². The highest BCUT2D eigenvalue weighted by atomic mass is 16.5. The molecule has 1 heterocycles. The van der Waals surface area contributed by atoms with Gasteiger partial charge in [-0.1, -0.05) is 12.1 Å². The van der Waals surface area contributed by atoms with E-state index in [1.165, 1.54) is 0 Å². The number of aliphatic hydroxyl groups is 1. The molecule has 0 amide bonds. The number of aryl methyl sites for hydroxylation is 1. The third-order valence-corrected chi connectivity index (χ3v) is 3.59. The van der Waals surface area contributed by atoms with Crippen LogP contribution in [-0.2, 0) is 4.74 Å². The largest absolute Gasteiger partial charge is 0.491 e. The van der Waals surface area contributed by atoms with Gasteiger partial charge in [0, 0.05) is 19.8 Å². The quantitative estimate of drug-likeness (QED) is 0.798. The van der Waals surface area contributed by atoms with E-state index in [1.807, 2.05) is 31.2 Å². The summed E-state index contributed by atoms with van der Waals surface area (Å²) in [5, 5.41) is 13.2. The zero-order chi connectivity index (χ0) is 14.2. The van der Waals surface area contributed by atoms with E-state index in [4.69, 9.17) is 9.47 Å². The molecule has 1 aromatic carbocycles. The number of benzene rings is 1. The zero-order valence-electron chi connectivity index (χ0n) is 12.2. The number of hydrogen-bond acceptors (Lipinski definition) is 4. The Kier molecular flexibility index (Phi) is 6.30. The highest BCUT2D eigenvalue weighted by Crippen LogP contribution is 2.14. The van der Waals surface area contributed by atoms with Crippen molar-refractivity contribution in [2.45, 2.75) is 25.9 Å². The first-order chi connectivity index (χ1) is 9.74. The van der Waals surface area contributed by atoms with Gasteiger partial charge in [0.25, 0.3) is 0 Å². The summed E-state index contributed by atoms with van der Waals surface area (Å²) in [4.78, 5) is 0. The van der Waals surface area contributed by atoms with E-state index < -0.39 is 6.10 Å². The van der Waals surface area contributed by atoms with Crippen LogP contribution in [0.5, 0.6) is 5.75 Å². The van der Waals surface area contributed by atoms with Gasteiger partial charge in [0.2, 0.25) is 0 Å². The number of nitrogens with one attached hydrogen (secondary N) is 1. The van der Waals surface area contributed by atoms with E-state index in [0.29, 0.717) is 19.1 Å². The third kappa shape index (κ3) is 5.49. The molecular weight excluding hydrogens is 254 g/mol. The van der Waals surface area contributed by atoms with E-state index in [-0.39, 0.29) is 0 Å². The van der Waals surface area contributed by atoms with Crippen LogP contribution in [0.15, 0.2) is 24.3 Å². The lowest BCUT2D eigenvalue weighted by Crippen LogP contribution is -2.35. The summed E-state index contributed by atoms with van der Waals surface area (Å²) in [6.07, 6.45) is 1.75. The monoisotopic (exact) mass is 279 g/mol. The summed E-state index contributed by atoms with van der Waals surface area (Å²) in [6.45, 7) is 5.60. The topological polar surface area (TPSA) is 50.7 Å². The molecule has 1 saturated heterocycles. The third-order valence-electron chi connectivity index (χ3n) is 3.59. The Morgan fingerprint density at radius 2 is 2.20 bits per heavy atom. The Morgan fingerprint density at radius 3 is 2.95 bits per heavy atom. The maximum absolute atomic E-state index is 9.90. The lowest BCUT2D eigenvalue weighted by molar-refractivity contribution is 0.0630. The molecule has 1 aromatic rings. The minimum Gasteiger partial charge on any atom is -0.491 e. The van der Waals surface area contributed by atoms with Crippen molar-refractivity contribution in [3.63, 3.8) is 0 Å². The van der Waals surface area contributed by atoms with Gasteiger partial charge in [-0.25, -0.2) is 0 Å². The second-order valence-electron chi connectivity index (χ2n) is 5.50. The summed E-state index contributed by atoms with van der Waals surface area (Å²) < 4.78 is 10.9. The Labute approximate surface area is 121 Å². The molecule has 1 unspecified atom stereocenters. The highest BCUT2D eigenvalue weighted by Gasteiger charge is 2.14. The summed E-state index contributed by atoms with van der Waals surface area (Å²) in [6, 6.07) is 7.87. The predicted molar refractivity (Wildman–Crippen MR) is 79.1 cm³/mol. The molecule has 4 nitrogen and oxygen atoms in total. The molecule has 112 valence electrons. The Bertz CT molecular complexity index is 391. The lowest BCUT2D eigenvalue weighted by atomic mass is 10.0. The summed E-state index contributed by atoms with van der Waals surface area (Å²) in [5.74, 6) is 1.49. The fourth-order valence-electron chi connectivity index (χ4n) is 2.36. The van der Waals surface area contributed by atoms with E-state index >= 15 is 0 Å². The molecule has 2 N–H and O–H groups in total. The van der Waals surface area contributed by atoms with Gasteiger partial charge in [0.15, 0.2) is 0 Å². The second-order valence-corrected chi connectivity index (χ2v) is 5.50. The molecule has 0 bridgehead atoms. The summed E-state index contributed by atoms with van der Waals surface area (Å²) >= 11 is 0. The first-order valence-corrected chi connectivity index (χ1v) is 7.40. The number of rotatable bonds is 7. The van der Waals surface area contributed by atoms with Gasteiger partial charge in [0.1, 0.15) is 18.5 Å². The fourth-order valence-corrected chi connectivity index (χ4v) is 2.36. The van der Waals surface area contributed by atoms with E-state index in [2.05, 4.69) is 5.32 Å². The molecule has 20 heavy (non-hydrogen) atoms. The average molecular weight is 279 g/mol. The van der Waals surface area contributed by atoms with Crippen molar-refractivity contribution in [2.75, 3.05) is 32.9 Å².